The molecule has 2 aromatic rings. The van der Waals surface area contributed by atoms with Gasteiger partial charge in [-0.3, -0.25) is 4.79 Å². The summed E-state index contributed by atoms with van der Waals surface area (Å²) in [5.41, 5.74) is 10.1. The molecule has 4 rings (SSSR count). The Balaban J connectivity index is 1.57. The molecule has 0 saturated carbocycles. The third kappa shape index (κ3) is 3.01. The van der Waals surface area contributed by atoms with Crippen LogP contribution in [0.15, 0.2) is 22.8 Å². The molecule has 0 saturated heterocycles. The molecule has 2 aliphatic rings. The van der Waals surface area contributed by atoms with Crippen molar-refractivity contribution >= 4 is 5.91 Å². The number of nitrogens with one attached hydrogen (secondary N) is 1. The highest BCUT2D eigenvalue weighted by Gasteiger charge is 2.34. The lowest BCUT2D eigenvalue weighted by molar-refractivity contribution is 0.0999. The molecule has 5 heteroatoms. The van der Waals surface area contributed by atoms with Crippen molar-refractivity contribution in [3.63, 3.8) is 0 Å². The molecular formula is C20H27N3O2. The fourth-order valence-corrected chi connectivity index (χ4v) is 4.50. The van der Waals surface area contributed by atoms with E-state index in [4.69, 9.17) is 10.2 Å². The zero-order valence-electron chi connectivity index (χ0n) is 15.1. The van der Waals surface area contributed by atoms with Crippen LogP contribution in [0.3, 0.4) is 0 Å². The molecule has 1 unspecified atom stereocenters. The number of primary amides is 1. The van der Waals surface area contributed by atoms with Crippen LogP contribution in [0.5, 0.6) is 0 Å². The Bertz CT molecular complexity index is 800. The van der Waals surface area contributed by atoms with Gasteiger partial charge in [0, 0.05) is 42.5 Å². The van der Waals surface area contributed by atoms with Gasteiger partial charge in [0.25, 0.3) is 5.91 Å². The van der Waals surface area contributed by atoms with Crippen molar-refractivity contribution in [2.75, 3.05) is 0 Å². The maximum absolute atomic E-state index is 11.8. The van der Waals surface area contributed by atoms with Gasteiger partial charge in [-0.25, -0.2) is 0 Å². The number of furan rings is 1. The smallest absolute Gasteiger partial charge is 0.250 e. The second-order valence-electron chi connectivity index (χ2n) is 8.25. The van der Waals surface area contributed by atoms with Crippen LogP contribution in [0.1, 0.15) is 72.2 Å². The predicted octanol–water partition coefficient (Wildman–Crippen LogP) is 3.32. The van der Waals surface area contributed by atoms with Crippen LogP contribution in [-0.2, 0) is 25.9 Å². The van der Waals surface area contributed by atoms with Gasteiger partial charge in [0.15, 0.2) is 0 Å². The van der Waals surface area contributed by atoms with Gasteiger partial charge >= 0.3 is 0 Å². The average Bonchev–Trinajstić information content (AvgIpc) is 3.16. The Hall–Kier alpha value is -2.01. The summed E-state index contributed by atoms with van der Waals surface area (Å²) >= 11 is 0. The van der Waals surface area contributed by atoms with Gasteiger partial charge in [-0.1, -0.05) is 13.8 Å². The lowest BCUT2D eigenvalue weighted by Gasteiger charge is -2.35. The molecule has 0 radical (unpaired) electrons. The monoisotopic (exact) mass is 341 g/mol. The highest BCUT2D eigenvalue weighted by Crippen LogP contribution is 2.41. The van der Waals surface area contributed by atoms with Gasteiger partial charge in [0.2, 0.25) is 0 Å². The van der Waals surface area contributed by atoms with Gasteiger partial charge in [0.05, 0.1) is 11.8 Å². The first-order valence-corrected chi connectivity index (χ1v) is 9.25. The summed E-state index contributed by atoms with van der Waals surface area (Å²) in [6.07, 6.45) is 7.10. The number of amides is 1. The summed E-state index contributed by atoms with van der Waals surface area (Å²) in [6.45, 7) is 6.30. The van der Waals surface area contributed by atoms with Gasteiger partial charge in [-0.2, -0.15) is 0 Å². The molecule has 1 atom stereocenters. The topological polar surface area (TPSA) is 73.2 Å². The van der Waals surface area contributed by atoms with E-state index in [1.54, 1.807) is 6.26 Å². The zero-order chi connectivity index (χ0) is 17.6. The maximum Gasteiger partial charge on any atom is 0.250 e. The summed E-state index contributed by atoms with van der Waals surface area (Å²) in [5, 5.41) is 3.71. The largest absolute Gasteiger partial charge is 0.469 e. The molecule has 2 aromatic heterocycles. The first-order valence-electron chi connectivity index (χ1n) is 9.25. The SMILES string of the molecule is CC1(C)Cc2occc2C(NCc2cc(C(N)=O)c3n2CCCC3)C1. The van der Waals surface area contributed by atoms with Crippen LogP contribution in [-0.4, -0.2) is 10.5 Å². The van der Waals surface area contributed by atoms with Crippen molar-refractivity contribution in [3.8, 4) is 0 Å². The van der Waals surface area contributed by atoms with Gasteiger partial charge in [0.1, 0.15) is 5.76 Å². The average molecular weight is 341 g/mol. The van der Waals surface area contributed by atoms with Crippen molar-refractivity contribution in [2.45, 2.75) is 65.1 Å². The molecule has 5 nitrogen and oxygen atoms in total. The number of rotatable bonds is 4. The van der Waals surface area contributed by atoms with E-state index in [0.29, 0.717) is 5.56 Å². The van der Waals surface area contributed by atoms with Crippen molar-refractivity contribution < 1.29 is 9.21 Å². The molecule has 0 bridgehead atoms. The number of carbonyl (C=O) groups excluding carboxylic acids is 1. The number of hydrogen-bond donors (Lipinski definition) is 2. The summed E-state index contributed by atoms with van der Waals surface area (Å²) < 4.78 is 7.99. The quantitative estimate of drug-likeness (QED) is 0.896. The van der Waals surface area contributed by atoms with Crippen molar-refractivity contribution in [1.82, 2.24) is 9.88 Å². The Morgan fingerprint density at radius 2 is 2.28 bits per heavy atom. The molecule has 0 aromatic carbocycles. The summed E-state index contributed by atoms with van der Waals surface area (Å²) in [4.78, 5) is 11.8. The summed E-state index contributed by atoms with van der Waals surface area (Å²) in [6, 6.07) is 4.36. The molecule has 3 N–H and O–H groups in total. The maximum atomic E-state index is 11.8. The van der Waals surface area contributed by atoms with Crippen LogP contribution in [0.4, 0.5) is 0 Å². The van der Waals surface area contributed by atoms with Gasteiger partial charge < -0.3 is 20.0 Å². The molecule has 1 amide bonds. The highest BCUT2D eigenvalue weighted by atomic mass is 16.3. The minimum Gasteiger partial charge on any atom is -0.469 e. The number of hydrogen-bond acceptors (Lipinski definition) is 3. The second-order valence-corrected chi connectivity index (χ2v) is 8.25. The van der Waals surface area contributed by atoms with Crippen LogP contribution in [0, 0.1) is 5.41 Å². The van der Waals surface area contributed by atoms with Crippen molar-refractivity contribution in [3.05, 3.63) is 46.7 Å². The minimum absolute atomic E-state index is 0.222. The van der Waals surface area contributed by atoms with E-state index in [0.717, 1.165) is 62.3 Å². The molecule has 0 fully saturated rings. The summed E-state index contributed by atoms with van der Waals surface area (Å²) in [5.74, 6) is 0.789. The lowest BCUT2D eigenvalue weighted by Crippen LogP contribution is -2.33. The van der Waals surface area contributed by atoms with E-state index in [9.17, 15) is 4.79 Å². The molecular weight excluding hydrogens is 314 g/mol. The van der Waals surface area contributed by atoms with E-state index in [1.165, 1.54) is 5.56 Å². The van der Waals surface area contributed by atoms with E-state index >= 15 is 0 Å². The fourth-order valence-electron chi connectivity index (χ4n) is 4.50. The number of fused-ring (bicyclic) bond motifs is 2. The lowest BCUT2D eigenvalue weighted by atomic mass is 9.75. The Morgan fingerprint density at radius 3 is 3.08 bits per heavy atom. The number of nitrogens with two attached hydrogens (primary N) is 1. The van der Waals surface area contributed by atoms with Crippen LogP contribution >= 0.6 is 0 Å². The van der Waals surface area contributed by atoms with Crippen LogP contribution in [0.2, 0.25) is 0 Å². The molecule has 1 aliphatic carbocycles. The van der Waals surface area contributed by atoms with Crippen molar-refractivity contribution in [1.29, 1.82) is 0 Å². The van der Waals surface area contributed by atoms with E-state index in [-0.39, 0.29) is 17.4 Å². The molecule has 134 valence electrons. The standard InChI is InChI=1S/C20H27N3O2/c1-20(2)10-16(14-6-8-25-18(14)11-20)22-12-13-9-15(19(21)24)17-5-3-4-7-23(13)17/h6,8-9,16,22H,3-5,7,10-12H2,1-2H3,(H2,21,24). The number of carbonyl (C=O) groups is 1. The third-order valence-electron chi connectivity index (χ3n) is 5.69. The highest BCUT2D eigenvalue weighted by molar-refractivity contribution is 5.94. The normalized spacial score (nSPS) is 21.6. The Morgan fingerprint density at radius 1 is 1.44 bits per heavy atom. The van der Waals surface area contributed by atoms with Crippen LogP contribution in [0.25, 0.3) is 0 Å². The minimum atomic E-state index is -0.312. The number of aromatic nitrogens is 1. The van der Waals surface area contributed by atoms with E-state index in [1.807, 2.05) is 6.07 Å². The second kappa shape index (κ2) is 6.06. The third-order valence-corrected chi connectivity index (χ3v) is 5.69. The number of nitrogens with zero attached hydrogens (tertiary/aromatic N) is 1. The first-order chi connectivity index (χ1) is 11.9. The molecule has 25 heavy (non-hydrogen) atoms. The zero-order valence-corrected chi connectivity index (χ0v) is 15.1. The molecule has 3 heterocycles. The molecule has 1 aliphatic heterocycles. The predicted molar refractivity (Wildman–Crippen MR) is 96.3 cm³/mol. The van der Waals surface area contributed by atoms with Crippen molar-refractivity contribution in [2.24, 2.45) is 11.1 Å². The van der Waals surface area contributed by atoms with E-state index < -0.39 is 0 Å². The Labute approximate surface area is 148 Å². The first kappa shape index (κ1) is 16.5. The van der Waals surface area contributed by atoms with E-state index in [2.05, 4.69) is 29.8 Å². The van der Waals surface area contributed by atoms with Crippen LogP contribution < -0.4 is 11.1 Å². The summed E-state index contributed by atoms with van der Waals surface area (Å²) in [7, 11) is 0. The van der Waals surface area contributed by atoms with Gasteiger partial charge in [-0.15, -0.1) is 0 Å². The molecule has 0 spiro atoms. The Kier molecular flexibility index (Phi) is 3.99. The van der Waals surface area contributed by atoms with Gasteiger partial charge in [-0.05, 0) is 43.2 Å². The fraction of sp³-hybridized carbons (Fsp3) is 0.550.